The van der Waals surface area contributed by atoms with E-state index in [1.165, 1.54) is 6.07 Å². The third-order valence-electron chi connectivity index (χ3n) is 7.73. The first kappa shape index (κ1) is 23.9. The van der Waals surface area contributed by atoms with Crippen LogP contribution in [0, 0.1) is 23.6 Å². The molecule has 33 heavy (non-hydrogen) atoms. The molecule has 3 fully saturated rings. The Hall–Kier alpha value is -2.24. The fourth-order valence-corrected chi connectivity index (χ4v) is 5.51. The van der Waals surface area contributed by atoms with Crippen LogP contribution in [0.15, 0.2) is 18.2 Å². The smallest absolute Gasteiger partial charge is 0.254 e. The lowest BCUT2D eigenvalue weighted by Crippen LogP contribution is -2.48. The molecule has 2 saturated carbocycles. The summed E-state index contributed by atoms with van der Waals surface area (Å²) in [5.41, 5.74) is 0.562. The monoisotopic (exact) mass is 458 g/mol. The summed E-state index contributed by atoms with van der Waals surface area (Å²) in [6.45, 7) is 4.99. The summed E-state index contributed by atoms with van der Waals surface area (Å²) in [6.07, 6.45) is 8.52. The molecule has 1 aliphatic heterocycles. The number of nitrogens with one attached hydrogen (secondary N) is 1. The molecule has 0 bridgehead atoms. The molecule has 0 aromatic heterocycles. The van der Waals surface area contributed by atoms with Gasteiger partial charge in [-0.2, -0.15) is 0 Å². The van der Waals surface area contributed by atoms with Gasteiger partial charge in [0, 0.05) is 26.4 Å². The average Bonchev–Trinajstić information content (AvgIpc) is 3.68. The van der Waals surface area contributed by atoms with Crippen LogP contribution < -0.4 is 5.32 Å². The molecule has 5 nitrogen and oxygen atoms in total. The van der Waals surface area contributed by atoms with E-state index in [4.69, 9.17) is 0 Å². The van der Waals surface area contributed by atoms with E-state index in [1.54, 1.807) is 12.1 Å². The zero-order valence-electron chi connectivity index (χ0n) is 19.9. The second-order valence-electron chi connectivity index (χ2n) is 10.5. The van der Waals surface area contributed by atoms with Crippen LogP contribution in [0.1, 0.15) is 94.9 Å². The Balaban J connectivity index is 0.00000324. The average molecular weight is 459 g/mol. The van der Waals surface area contributed by atoms with Crippen LogP contribution >= 0.6 is 0 Å². The fourth-order valence-electron chi connectivity index (χ4n) is 5.51. The largest absolute Gasteiger partial charge is 0.342 e. The van der Waals surface area contributed by atoms with Gasteiger partial charge in [0.2, 0.25) is 5.91 Å². The molecule has 0 radical (unpaired) electrons. The normalized spacial score (nSPS) is 21.2. The van der Waals surface area contributed by atoms with Crippen LogP contribution in [-0.4, -0.2) is 41.6 Å². The van der Waals surface area contributed by atoms with Crippen molar-refractivity contribution < 1.29 is 20.2 Å². The molecule has 1 aromatic carbocycles. The molecule has 4 rings (SSSR count). The summed E-state index contributed by atoms with van der Waals surface area (Å²) >= 11 is 0. The predicted octanol–water partition coefficient (Wildman–Crippen LogP) is 5.09. The van der Waals surface area contributed by atoms with Crippen LogP contribution in [0.5, 0.6) is 0 Å². The number of ketones is 1. The van der Waals surface area contributed by atoms with Crippen molar-refractivity contribution in [1.82, 2.24) is 10.2 Å². The van der Waals surface area contributed by atoms with Crippen LogP contribution in [0.2, 0.25) is 0 Å². The van der Waals surface area contributed by atoms with Crippen molar-refractivity contribution in [3.05, 3.63) is 35.1 Å². The third kappa shape index (κ3) is 5.47. The molecule has 182 valence electrons. The van der Waals surface area contributed by atoms with Gasteiger partial charge in [-0.3, -0.25) is 14.4 Å². The number of Topliss-reactive ketones (excluding diaryl/α,β-unsaturated/α-hetero) is 1. The van der Waals surface area contributed by atoms with E-state index in [1.807, 2.05) is 18.7 Å². The number of rotatable bonds is 7. The number of amides is 2. The highest BCUT2D eigenvalue weighted by molar-refractivity contribution is 5.98. The number of benzene rings is 1. The van der Waals surface area contributed by atoms with Crippen molar-refractivity contribution >= 4 is 17.6 Å². The highest BCUT2D eigenvalue weighted by Gasteiger charge is 2.36. The molecule has 1 atom stereocenters. The zero-order valence-corrected chi connectivity index (χ0v) is 19.9. The Bertz CT molecular complexity index is 888. The van der Waals surface area contributed by atoms with Gasteiger partial charge in [-0.15, -0.1) is 0 Å². The van der Waals surface area contributed by atoms with Gasteiger partial charge in [0.15, 0.2) is 5.78 Å². The van der Waals surface area contributed by atoms with E-state index in [0.29, 0.717) is 31.5 Å². The number of halogens is 1. The summed E-state index contributed by atoms with van der Waals surface area (Å²) in [7, 11) is 0. The molecule has 1 saturated heterocycles. The number of likely N-dealkylation sites (tertiary alicyclic amines) is 1. The van der Waals surface area contributed by atoms with Crippen molar-refractivity contribution in [1.29, 1.82) is 0 Å². The fraction of sp³-hybridized carbons (Fsp3) is 0.667. The number of carbonyl (C=O) groups excluding carboxylic acids is 3. The minimum atomic E-state index is -0.558. The number of carbonyl (C=O) groups is 3. The molecule has 2 amide bonds. The molecule has 3 aliphatic rings. The molecule has 1 heterocycles. The summed E-state index contributed by atoms with van der Waals surface area (Å²) in [5, 5.41) is 2.92. The Morgan fingerprint density at radius 3 is 2.27 bits per heavy atom. The third-order valence-corrected chi connectivity index (χ3v) is 7.73. The molecule has 0 unspecified atom stereocenters. The van der Waals surface area contributed by atoms with Gasteiger partial charge in [0.25, 0.3) is 5.91 Å². The molecule has 2 aliphatic carbocycles. The van der Waals surface area contributed by atoms with Crippen LogP contribution in [0.4, 0.5) is 4.39 Å². The maximum absolute atomic E-state index is 15.5. The van der Waals surface area contributed by atoms with Gasteiger partial charge >= 0.3 is 0 Å². The number of hydrogen-bond acceptors (Lipinski definition) is 3. The Morgan fingerprint density at radius 2 is 1.67 bits per heavy atom. The van der Waals surface area contributed by atoms with E-state index in [2.05, 4.69) is 5.32 Å². The molecular formula is C27H39FN2O3. The topological polar surface area (TPSA) is 66.5 Å². The maximum atomic E-state index is 15.5. The Morgan fingerprint density at radius 1 is 1.00 bits per heavy atom. The number of nitrogens with zero attached hydrogens (tertiary/aromatic N) is 1. The zero-order chi connectivity index (χ0) is 23.5. The van der Waals surface area contributed by atoms with Gasteiger partial charge in [-0.05, 0) is 62.0 Å². The van der Waals surface area contributed by atoms with Crippen LogP contribution in [-0.2, 0) is 9.59 Å². The van der Waals surface area contributed by atoms with E-state index < -0.39 is 17.8 Å². The summed E-state index contributed by atoms with van der Waals surface area (Å²) in [6, 6.07) is 4.44. The standard InChI is InChI=1S/C27H37FN2O3.H2/c1-17(2)25(31)24(19-7-4-3-5-8-19)29-26(32)22-10-6-9-21(23(22)28)18-13-15-30(16-14-18)27(33)20-11-12-20;/h6,9-10,17-20,24H,3-5,7-8,11-16H2,1-2H3,(H,29,32);1H/t24-;/m1./s1. The summed E-state index contributed by atoms with van der Waals surface area (Å²) < 4.78 is 15.5. The quantitative estimate of drug-likeness (QED) is 0.619. The first-order valence-electron chi connectivity index (χ1n) is 12.8. The first-order valence-corrected chi connectivity index (χ1v) is 12.8. The van der Waals surface area contributed by atoms with Gasteiger partial charge in [0.05, 0.1) is 11.6 Å². The maximum Gasteiger partial charge on any atom is 0.254 e. The number of piperidine rings is 1. The van der Waals surface area contributed by atoms with Crippen molar-refractivity contribution in [2.45, 2.75) is 83.6 Å². The highest BCUT2D eigenvalue weighted by Crippen LogP contribution is 2.35. The van der Waals surface area contributed by atoms with Crippen molar-refractivity contribution in [3.63, 3.8) is 0 Å². The molecule has 1 aromatic rings. The van der Waals surface area contributed by atoms with E-state index in [0.717, 1.165) is 44.9 Å². The van der Waals surface area contributed by atoms with Crippen LogP contribution in [0.3, 0.4) is 0 Å². The van der Waals surface area contributed by atoms with Gasteiger partial charge < -0.3 is 10.2 Å². The van der Waals surface area contributed by atoms with E-state index in [9.17, 15) is 14.4 Å². The highest BCUT2D eigenvalue weighted by atomic mass is 19.1. The van der Waals surface area contributed by atoms with Gasteiger partial charge in [0.1, 0.15) is 5.82 Å². The van der Waals surface area contributed by atoms with E-state index >= 15 is 4.39 Å². The lowest BCUT2D eigenvalue weighted by molar-refractivity contribution is -0.133. The minimum Gasteiger partial charge on any atom is -0.342 e. The molecule has 6 heteroatoms. The summed E-state index contributed by atoms with van der Waals surface area (Å²) in [4.78, 5) is 40.3. The van der Waals surface area contributed by atoms with Gasteiger partial charge in [-0.25, -0.2) is 4.39 Å². The summed E-state index contributed by atoms with van der Waals surface area (Å²) in [5.74, 6) is -0.579. The molecular weight excluding hydrogens is 419 g/mol. The Kier molecular flexibility index (Phi) is 7.50. The minimum absolute atomic E-state index is 0. The van der Waals surface area contributed by atoms with Crippen molar-refractivity contribution in [3.8, 4) is 0 Å². The SMILES string of the molecule is CC(C)C(=O)[C@H](NC(=O)c1cccc(C2CCN(C(=O)C3CC3)CC2)c1F)C1CCCCC1.[HH]. The van der Waals surface area contributed by atoms with E-state index in [-0.39, 0.29) is 42.4 Å². The van der Waals surface area contributed by atoms with Crippen molar-refractivity contribution in [2.24, 2.45) is 17.8 Å². The predicted molar refractivity (Wildman–Crippen MR) is 127 cm³/mol. The van der Waals surface area contributed by atoms with Crippen molar-refractivity contribution in [2.75, 3.05) is 13.1 Å². The molecule has 0 spiro atoms. The lowest BCUT2D eigenvalue weighted by Gasteiger charge is -2.33. The molecule has 1 N–H and O–H groups in total. The lowest BCUT2D eigenvalue weighted by atomic mass is 9.80. The van der Waals surface area contributed by atoms with Gasteiger partial charge in [-0.1, -0.05) is 45.2 Å². The Labute approximate surface area is 198 Å². The second kappa shape index (κ2) is 10.4. The number of hydrogen-bond donors (Lipinski definition) is 1. The second-order valence-corrected chi connectivity index (χ2v) is 10.5. The van der Waals surface area contributed by atoms with Crippen LogP contribution in [0.25, 0.3) is 0 Å². The first-order chi connectivity index (χ1) is 15.9.